The summed E-state index contributed by atoms with van der Waals surface area (Å²) in [4.78, 5) is 24.4. The molecule has 0 aliphatic carbocycles. The third-order valence-electron chi connectivity index (χ3n) is 3.33. The zero-order valence-electron chi connectivity index (χ0n) is 13.6. The van der Waals surface area contributed by atoms with Gasteiger partial charge in [0.25, 0.3) is 5.91 Å². The van der Waals surface area contributed by atoms with Gasteiger partial charge in [-0.15, -0.1) is 0 Å². The second-order valence-electron chi connectivity index (χ2n) is 5.25. The van der Waals surface area contributed by atoms with Gasteiger partial charge < -0.3 is 14.8 Å². The Bertz CT molecular complexity index is 760. The number of rotatable bonds is 5. The minimum absolute atomic E-state index is 0.372. The summed E-state index contributed by atoms with van der Waals surface area (Å²) in [5.74, 6) is -0.447. The third kappa shape index (κ3) is 4.58. The van der Waals surface area contributed by atoms with Crippen molar-refractivity contribution in [1.29, 1.82) is 0 Å². The molecule has 0 aromatic heterocycles. The number of hydrogen-bond acceptors (Lipinski definition) is 4. The molecule has 0 saturated carbocycles. The molecular formula is C18H18BrNO4. The van der Waals surface area contributed by atoms with Gasteiger partial charge in [-0.25, -0.2) is 4.79 Å². The molecule has 0 heterocycles. The number of nitrogens with one attached hydrogen (secondary N) is 1. The lowest BCUT2D eigenvalue weighted by Gasteiger charge is -2.15. The average molecular weight is 392 g/mol. The largest absolute Gasteiger partial charge is 0.495 e. The van der Waals surface area contributed by atoms with Crippen LogP contribution >= 0.6 is 15.9 Å². The minimum Gasteiger partial charge on any atom is -0.495 e. The Morgan fingerprint density at radius 1 is 1.17 bits per heavy atom. The predicted molar refractivity (Wildman–Crippen MR) is 95.4 cm³/mol. The monoisotopic (exact) mass is 391 g/mol. The summed E-state index contributed by atoms with van der Waals surface area (Å²) in [5, 5.41) is 2.72. The van der Waals surface area contributed by atoms with Crippen LogP contribution in [0.25, 0.3) is 0 Å². The lowest BCUT2D eigenvalue weighted by atomic mass is 10.2. The van der Waals surface area contributed by atoms with Gasteiger partial charge in [0.05, 0.1) is 18.4 Å². The fourth-order valence-corrected chi connectivity index (χ4v) is 2.45. The van der Waals surface area contributed by atoms with E-state index >= 15 is 0 Å². The van der Waals surface area contributed by atoms with Crippen LogP contribution in [0.2, 0.25) is 0 Å². The van der Waals surface area contributed by atoms with Crippen LogP contribution in [0, 0.1) is 6.92 Å². The maximum atomic E-state index is 12.3. The van der Waals surface area contributed by atoms with E-state index in [-0.39, 0.29) is 0 Å². The second kappa shape index (κ2) is 7.97. The Labute approximate surface area is 149 Å². The molecule has 1 N–H and O–H groups in total. The number of ether oxygens (including phenoxy) is 2. The summed E-state index contributed by atoms with van der Waals surface area (Å²) in [7, 11) is 1.52. The highest BCUT2D eigenvalue weighted by molar-refractivity contribution is 9.10. The van der Waals surface area contributed by atoms with Crippen molar-refractivity contribution >= 4 is 33.5 Å². The number of aryl methyl sites for hydroxylation is 1. The van der Waals surface area contributed by atoms with E-state index in [4.69, 9.17) is 9.47 Å². The summed E-state index contributed by atoms with van der Waals surface area (Å²) >= 11 is 3.29. The van der Waals surface area contributed by atoms with Crippen LogP contribution in [-0.2, 0) is 9.53 Å². The summed E-state index contributed by atoms with van der Waals surface area (Å²) in [6.07, 6.45) is -0.943. The van der Waals surface area contributed by atoms with E-state index in [0.29, 0.717) is 17.0 Å². The Morgan fingerprint density at radius 2 is 1.92 bits per heavy atom. The quantitative estimate of drug-likeness (QED) is 0.783. The SMILES string of the molecule is COc1ccc(C)cc1NC(=O)C(C)OC(=O)c1cccc(Br)c1. The standard InChI is InChI=1S/C18H18BrNO4/c1-11-7-8-16(23-3)15(9-11)20-17(21)12(2)24-18(22)13-5-4-6-14(19)10-13/h4-10,12H,1-3H3,(H,20,21). The van der Waals surface area contributed by atoms with Crippen LogP contribution in [0.4, 0.5) is 5.69 Å². The molecule has 0 fully saturated rings. The third-order valence-corrected chi connectivity index (χ3v) is 3.82. The van der Waals surface area contributed by atoms with Gasteiger partial charge in [0.2, 0.25) is 0 Å². The fraction of sp³-hybridized carbons (Fsp3) is 0.222. The highest BCUT2D eigenvalue weighted by Crippen LogP contribution is 2.25. The lowest BCUT2D eigenvalue weighted by Crippen LogP contribution is -2.30. The Kier molecular flexibility index (Phi) is 5.98. The number of benzene rings is 2. The molecule has 0 bridgehead atoms. The molecule has 6 heteroatoms. The first-order valence-electron chi connectivity index (χ1n) is 7.32. The van der Waals surface area contributed by atoms with Gasteiger partial charge >= 0.3 is 5.97 Å². The second-order valence-corrected chi connectivity index (χ2v) is 6.17. The van der Waals surface area contributed by atoms with Crippen molar-refractivity contribution in [3.63, 3.8) is 0 Å². The highest BCUT2D eigenvalue weighted by atomic mass is 79.9. The molecular weight excluding hydrogens is 374 g/mol. The molecule has 0 aliphatic rings. The number of hydrogen-bond donors (Lipinski definition) is 1. The molecule has 2 aromatic rings. The molecule has 126 valence electrons. The molecule has 1 amide bonds. The number of halogens is 1. The van der Waals surface area contributed by atoms with Crippen molar-refractivity contribution < 1.29 is 19.1 Å². The number of carbonyl (C=O) groups is 2. The molecule has 5 nitrogen and oxygen atoms in total. The molecule has 0 spiro atoms. The van der Waals surface area contributed by atoms with Crippen LogP contribution in [0.5, 0.6) is 5.75 Å². The molecule has 24 heavy (non-hydrogen) atoms. The summed E-state index contributed by atoms with van der Waals surface area (Å²) in [5.41, 5.74) is 1.88. The Balaban J connectivity index is 2.05. The van der Waals surface area contributed by atoms with Gasteiger partial charge in [-0.05, 0) is 49.7 Å². The number of esters is 1. The number of amides is 1. The smallest absolute Gasteiger partial charge is 0.338 e. The van der Waals surface area contributed by atoms with E-state index in [0.717, 1.165) is 10.0 Å². The van der Waals surface area contributed by atoms with E-state index in [1.54, 1.807) is 36.4 Å². The molecule has 1 unspecified atom stereocenters. The predicted octanol–water partition coefficient (Wildman–Crippen LogP) is 3.95. The van der Waals surface area contributed by atoms with Crippen LogP contribution in [-0.4, -0.2) is 25.1 Å². The van der Waals surface area contributed by atoms with E-state index in [2.05, 4.69) is 21.2 Å². The number of methoxy groups -OCH3 is 1. The van der Waals surface area contributed by atoms with Crippen molar-refractivity contribution in [2.45, 2.75) is 20.0 Å². The van der Waals surface area contributed by atoms with Gasteiger partial charge in [0, 0.05) is 4.47 Å². The van der Waals surface area contributed by atoms with Crippen molar-refractivity contribution in [2.24, 2.45) is 0 Å². The highest BCUT2D eigenvalue weighted by Gasteiger charge is 2.20. The number of carbonyl (C=O) groups excluding carboxylic acids is 2. The molecule has 0 radical (unpaired) electrons. The summed E-state index contributed by atoms with van der Waals surface area (Å²) < 4.78 is 11.2. The number of anilines is 1. The zero-order chi connectivity index (χ0) is 17.7. The lowest BCUT2D eigenvalue weighted by molar-refractivity contribution is -0.123. The zero-order valence-corrected chi connectivity index (χ0v) is 15.2. The van der Waals surface area contributed by atoms with Gasteiger partial charge in [-0.1, -0.05) is 28.1 Å². The maximum absolute atomic E-state index is 12.3. The van der Waals surface area contributed by atoms with E-state index < -0.39 is 18.0 Å². The van der Waals surface area contributed by atoms with E-state index in [9.17, 15) is 9.59 Å². The fourth-order valence-electron chi connectivity index (χ4n) is 2.05. The average Bonchev–Trinajstić information content (AvgIpc) is 2.55. The van der Waals surface area contributed by atoms with Crippen molar-refractivity contribution in [3.8, 4) is 5.75 Å². The first-order chi connectivity index (χ1) is 11.4. The first kappa shape index (κ1) is 18.0. The minimum atomic E-state index is -0.943. The molecule has 2 rings (SSSR count). The molecule has 1 atom stereocenters. The van der Waals surface area contributed by atoms with E-state index in [1.165, 1.54) is 14.0 Å². The van der Waals surface area contributed by atoms with Crippen LogP contribution < -0.4 is 10.1 Å². The maximum Gasteiger partial charge on any atom is 0.338 e. The Morgan fingerprint density at radius 3 is 2.58 bits per heavy atom. The first-order valence-corrected chi connectivity index (χ1v) is 8.12. The van der Waals surface area contributed by atoms with Crippen molar-refractivity contribution in [3.05, 3.63) is 58.1 Å². The molecule has 0 aliphatic heterocycles. The van der Waals surface area contributed by atoms with Crippen molar-refractivity contribution in [2.75, 3.05) is 12.4 Å². The Hall–Kier alpha value is -2.34. The van der Waals surface area contributed by atoms with Gasteiger partial charge in [-0.2, -0.15) is 0 Å². The molecule has 2 aromatic carbocycles. The normalized spacial score (nSPS) is 11.5. The summed E-state index contributed by atoms with van der Waals surface area (Å²) in [6, 6.07) is 12.2. The topological polar surface area (TPSA) is 64.6 Å². The van der Waals surface area contributed by atoms with Gasteiger partial charge in [0.15, 0.2) is 6.10 Å². The van der Waals surface area contributed by atoms with Crippen LogP contribution in [0.1, 0.15) is 22.8 Å². The van der Waals surface area contributed by atoms with E-state index in [1.807, 2.05) is 13.0 Å². The van der Waals surface area contributed by atoms with Crippen LogP contribution in [0.15, 0.2) is 46.9 Å². The summed E-state index contributed by atoms with van der Waals surface area (Å²) in [6.45, 7) is 3.43. The van der Waals surface area contributed by atoms with Gasteiger partial charge in [-0.3, -0.25) is 4.79 Å². The van der Waals surface area contributed by atoms with Crippen molar-refractivity contribution in [1.82, 2.24) is 0 Å². The van der Waals surface area contributed by atoms with Crippen LogP contribution in [0.3, 0.4) is 0 Å². The molecule has 0 saturated heterocycles. The van der Waals surface area contributed by atoms with Gasteiger partial charge in [0.1, 0.15) is 5.75 Å².